The third-order valence-corrected chi connectivity index (χ3v) is 4.85. The van der Waals surface area contributed by atoms with E-state index in [1.54, 1.807) is 0 Å². The highest BCUT2D eigenvalue weighted by Crippen LogP contribution is 2.25. The van der Waals surface area contributed by atoms with Crippen molar-refractivity contribution in [2.45, 2.75) is 47.1 Å². The zero-order chi connectivity index (χ0) is 18.9. The average Bonchev–Trinajstić information content (AvgIpc) is 2.55. The van der Waals surface area contributed by atoms with Crippen LogP contribution in [0.5, 0.6) is 0 Å². The van der Waals surface area contributed by atoms with Gasteiger partial charge in [0.25, 0.3) is 0 Å². The lowest BCUT2D eigenvalue weighted by Crippen LogP contribution is -2.47. The van der Waals surface area contributed by atoms with E-state index in [2.05, 4.69) is 79.0 Å². The van der Waals surface area contributed by atoms with Gasteiger partial charge in [0, 0.05) is 49.2 Å². The average molecular weight is 354 g/mol. The summed E-state index contributed by atoms with van der Waals surface area (Å²) in [6, 6.07) is 8.66. The van der Waals surface area contributed by atoms with E-state index in [1.807, 2.05) is 6.92 Å². The van der Waals surface area contributed by atoms with Crippen LogP contribution in [0.3, 0.4) is 0 Å². The zero-order valence-corrected chi connectivity index (χ0v) is 16.9. The summed E-state index contributed by atoms with van der Waals surface area (Å²) in [6.07, 6.45) is 0. The molecule has 0 saturated carbocycles. The minimum Gasteiger partial charge on any atom is -0.368 e. The molecular formula is C21H31N5. The Balaban J connectivity index is 1.73. The van der Waals surface area contributed by atoms with Gasteiger partial charge in [-0.05, 0) is 58.7 Å². The summed E-state index contributed by atoms with van der Waals surface area (Å²) in [5, 5.41) is 3.39. The van der Waals surface area contributed by atoms with Crippen LogP contribution >= 0.6 is 0 Å². The minimum atomic E-state index is -0.0491. The summed E-state index contributed by atoms with van der Waals surface area (Å²) in [4.78, 5) is 14.1. The monoisotopic (exact) mass is 353 g/mol. The second-order valence-corrected chi connectivity index (χ2v) is 8.26. The number of piperazine rings is 1. The highest BCUT2D eigenvalue weighted by Gasteiger charge is 2.21. The first-order valence-electron chi connectivity index (χ1n) is 9.43. The fourth-order valence-electron chi connectivity index (χ4n) is 3.36. The molecule has 1 aromatic heterocycles. The molecule has 0 atom stereocenters. The molecule has 1 N–H and O–H groups in total. The Bertz CT molecular complexity index is 770. The molecule has 0 amide bonds. The summed E-state index contributed by atoms with van der Waals surface area (Å²) < 4.78 is 0. The largest absolute Gasteiger partial charge is 0.368 e. The van der Waals surface area contributed by atoms with Crippen molar-refractivity contribution in [1.29, 1.82) is 0 Å². The smallest absolute Gasteiger partial charge is 0.225 e. The molecule has 0 aliphatic carbocycles. The fourth-order valence-corrected chi connectivity index (χ4v) is 3.36. The van der Waals surface area contributed by atoms with Crippen LogP contribution in [0.25, 0.3) is 0 Å². The standard InChI is InChI=1S/C21H31N5/c1-15-8-7-9-18(17(15)3)25-10-12-26(13-11-25)19-14-16(2)22-20(23-19)24-21(4,5)6/h7-9,14H,10-13H2,1-6H3,(H,22,23,24). The van der Waals surface area contributed by atoms with Gasteiger partial charge >= 0.3 is 0 Å². The van der Waals surface area contributed by atoms with Crippen molar-refractivity contribution in [3.05, 3.63) is 41.1 Å². The van der Waals surface area contributed by atoms with Crippen molar-refractivity contribution >= 4 is 17.5 Å². The number of nitrogens with one attached hydrogen (secondary N) is 1. The number of benzene rings is 1. The van der Waals surface area contributed by atoms with Crippen molar-refractivity contribution in [2.75, 3.05) is 41.3 Å². The predicted molar refractivity (Wildman–Crippen MR) is 110 cm³/mol. The topological polar surface area (TPSA) is 44.3 Å². The molecule has 2 heterocycles. The molecule has 1 saturated heterocycles. The van der Waals surface area contributed by atoms with Gasteiger partial charge in [0.05, 0.1) is 0 Å². The van der Waals surface area contributed by atoms with Crippen LogP contribution in [-0.2, 0) is 0 Å². The number of aryl methyl sites for hydroxylation is 2. The van der Waals surface area contributed by atoms with E-state index < -0.39 is 0 Å². The maximum absolute atomic E-state index is 4.76. The Morgan fingerprint density at radius 3 is 2.23 bits per heavy atom. The lowest BCUT2D eigenvalue weighted by atomic mass is 10.1. The maximum Gasteiger partial charge on any atom is 0.225 e. The molecule has 1 fully saturated rings. The number of anilines is 3. The highest BCUT2D eigenvalue weighted by molar-refractivity contribution is 5.57. The molecule has 1 aliphatic heterocycles. The Kier molecular flexibility index (Phi) is 5.08. The fraction of sp³-hybridized carbons (Fsp3) is 0.524. The third kappa shape index (κ3) is 4.26. The van der Waals surface area contributed by atoms with E-state index in [0.717, 1.165) is 37.7 Å². The summed E-state index contributed by atoms with van der Waals surface area (Å²) in [5.41, 5.74) is 5.05. The Morgan fingerprint density at radius 1 is 0.923 bits per heavy atom. The second-order valence-electron chi connectivity index (χ2n) is 8.26. The summed E-state index contributed by atoms with van der Waals surface area (Å²) in [7, 11) is 0. The number of hydrogen-bond acceptors (Lipinski definition) is 5. The lowest BCUT2D eigenvalue weighted by molar-refractivity contribution is 0.621. The lowest BCUT2D eigenvalue weighted by Gasteiger charge is -2.37. The first-order chi connectivity index (χ1) is 12.2. The van der Waals surface area contributed by atoms with Crippen molar-refractivity contribution in [2.24, 2.45) is 0 Å². The summed E-state index contributed by atoms with van der Waals surface area (Å²) in [5.74, 6) is 1.73. The van der Waals surface area contributed by atoms with Crippen molar-refractivity contribution < 1.29 is 0 Å². The molecule has 5 nitrogen and oxygen atoms in total. The van der Waals surface area contributed by atoms with Crippen LogP contribution in [0.4, 0.5) is 17.5 Å². The van der Waals surface area contributed by atoms with Gasteiger partial charge in [-0.15, -0.1) is 0 Å². The van der Waals surface area contributed by atoms with E-state index in [4.69, 9.17) is 4.98 Å². The normalized spacial score (nSPS) is 15.3. The van der Waals surface area contributed by atoms with Gasteiger partial charge in [-0.1, -0.05) is 12.1 Å². The summed E-state index contributed by atoms with van der Waals surface area (Å²) in [6.45, 7) is 16.8. The van der Waals surface area contributed by atoms with Crippen LogP contribution in [0.1, 0.15) is 37.6 Å². The van der Waals surface area contributed by atoms with Gasteiger partial charge in [0.2, 0.25) is 5.95 Å². The molecular weight excluding hydrogens is 322 g/mol. The van der Waals surface area contributed by atoms with Crippen LogP contribution in [0.2, 0.25) is 0 Å². The number of hydrogen-bond donors (Lipinski definition) is 1. The molecule has 1 aromatic carbocycles. The van der Waals surface area contributed by atoms with Gasteiger partial charge < -0.3 is 15.1 Å². The molecule has 140 valence electrons. The van der Waals surface area contributed by atoms with Gasteiger partial charge in [-0.2, -0.15) is 4.98 Å². The Labute approximate surface area is 157 Å². The number of aromatic nitrogens is 2. The third-order valence-electron chi connectivity index (χ3n) is 4.85. The first-order valence-corrected chi connectivity index (χ1v) is 9.43. The predicted octanol–water partition coefficient (Wildman–Crippen LogP) is 3.94. The molecule has 5 heteroatoms. The second kappa shape index (κ2) is 7.14. The van der Waals surface area contributed by atoms with E-state index in [-0.39, 0.29) is 5.54 Å². The van der Waals surface area contributed by atoms with Crippen LogP contribution in [0, 0.1) is 20.8 Å². The molecule has 26 heavy (non-hydrogen) atoms. The van der Waals surface area contributed by atoms with Crippen LogP contribution in [-0.4, -0.2) is 41.7 Å². The van der Waals surface area contributed by atoms with Crippen molar-refractivity contribution in [3.63, 3.8) is 0 Å². The van der Waals surface area contributed by atoms with E-state index in [9.17, 15) is 0 Å². The van der Waals surface area contributed by atoms with E-state index >= 15 is 0 Å². The Morgan fingerprint density at radius 2 is 1.58 bits per heavy atom. The Hall–Kier alpha value is -2.30. The minimum absolute atomic E-state index is 0.0491. The van der Waals surface area contributed by atoms with Gasteiger partial charge in [0.15, 0.2) is 0 Å². The molecule has 0 unspecified atom stereocenters. The van der Waals surface area contributed by atoms with E-state index in [0.29, 0.717) is 5.95 Å². The molecule has 2 aromatic rings. The molecule has 0 radical (unpaired) electrons. The SMILES string of the molecule is Cc1cc(N2CCN(c3cccc(C)c3C)CC2)nc(NC(C)(C)C)n1. The molecule has 1 aliphatic rings. The maximum atomic E-state index is 4.76. The zero-order valence-electron chi connectivity index (χ0n) is 16.9. The van der Waals surface area contributed by atoms with Gasteiger partial charge in [-0.3, -0.25) is 0 Å². The number of nitrogens with zero attached hydrogens (tertiary/aromatic N) is 4. The molecule has 0 spiro atoms. The van der Waals surface area contributed by atoms with Crippen molar-refractivity contribution in [1.82, 2.24) is 9.97 Å². The van der Waals surface area contributed by atoms with Gasteiger partial charge in [0.1, 0.15) is 5.82 Å². The first kappa shape index (κ1) is 18.5. The van der Waals surface area contributed by atoms with Crippen molar-refractivity contribution in [3.8, 4) is 0 Å². The molecule has 3 rings (SSSR count). The van der Waals surface area contributed by atoms with E-state index in [1.165, 1.54) is 16.8 Å². The summed E-state index contributed by atoms with van der Waals surface area (Å²) >= 11 is 0. The number of rotatable bonds is 3. The highest BCUT2D eigenvalue weighted by atomic mass is 15.3. The van der Waals surface area contributed by atoms with Gasteiger partial charge in [-0.25, -0.2) is 4.98 Å². The molecule has 0 bridgehead atoms. The van der Waals surface area contributed by atoms with Crippen LogP contribution < -0.4 is 15.1 Å². The van der Waals surface area contributed by atoms with Crippen LogP contribution in [0.15, 0.2) is 24.3 Å². The quantitative estimate of drug-likeness (QED) is 0.905.